The molecule has 0 radical (unpaired) electrons. The number of amides is 2. The van der Waals surface area contributed by atoms with Gasteiger partial charge >= 0.3 is 37.7 Å². The highest BCUT2D eigenvalue weighted by Gasteiger charge is 2.50. The van der Waals surface area contributed by atoms with Crippen molar-refractivity contribution in [3.63, 3.8) is 0 Å². The van der Waals surface area contributed by atoms with Crippen LogP contribution in [0.2, 0.25) is 0 Å². The fourth-order valence-corrected chi connectivity index (χ4v) is 8.50. The smallest absolute Gasteiger partial charge is 0.465 e. The highest BCUT2D eigenvalue weighted by Crippen LogP contribution is 2.50. The maximum atomic E-state index is 16.7. The van der Waals surface area contributed by atoms with Crippen molar-refractivity contribution in [1.82, 2.24) is 14.6 Å². The Morgan fingerprint density at radius 1 is 0.915 bits per heavy atom. The molecule has 0 spiro atoms. The molecule has 4 rings (SSSR count). The molecule has 324 valence electrons. The minimum atomic E-state index is -4.55. The van der Waals surface area contributed by atoms with E-state index in [1.54, 1.807) is 93.5 Å². The number of fused-ring (bicyclic) bond motifs is 1. The number of benzene rings is 2. The van der Waals surface area contributed by atoms with Crippen molar-refractivity contribution in [2.24, 2.45) is 0 Å². The normalized spacial score (nSPS) is 19.9. The van der Waals surface area contributed by atoms with Crippen LogP contribution in [0.25, 0.3) is 10.8 Å². The molecule has 1 aromatic heterocycles. The van der Waals surface area contributed by atoms with Gasteiger partial charge in [0, 0.05) is 11.6 Å². The maximum absolute atomic E-state index is 16.7. The SMILES string of the molecule is CCOC(=O)[C@H](C)NP(=O)(OC[C@H]1S[C@@H](n2ccc(N(C(=O)OC(C)(C)C)C(=O)OC(C)(C)C)nc2=O)[C@@H](F)[C@@H]1OC(=O)OC(C)(C)C)Oc1cccc2ccccc12. The molecular weight excluding hydrogens is 814 g/mol. The Morgan fingerprint density at radius 3 is 2.08 bits per heavy atom. The zero-order valence-corrected chi connectivity index (χ0v) is 36.6. The van der Waals surface area contributed by atoms with Crippen molar-refractivity contribution in [2.45, 2.75) is 122 Å². The summed E-state index contributed by atoms with van der Waals surface area (Å²) >= 11 is 0.777. The second kappa shape index (κ2) is 18.7. The summed E-state index contributed by atoms with van der Waals surface area (Å²) in [6.45, 7) is 16.6. The van der Waals surface area contributed by atoms with Crippen LogP contribution in [0.5, 0.6) is 5.75 Å². The van der Waals surface area contributed by atoms with Gasteiger partial charge < -0.3 is 28.2 Å². The summed E-state index contributed by atoms with van der Waals surface area (Å²) in [6, 6.07) is 12.1. The van der Waals surface area contributed by atoms with Crippen LogP contribution in [0.3, 0.4) is 0 Å². The van der Waals surface area contributed by atoms with Crippen molar-refractivity contribution in [2.75, 3.05) is 18.1 Å². The van der Waals surface area contributed by atoms with Gasteiger partial charge in [0.05, 0.1) is 18.5 Å². The molecule has 1 unspecified atom stereocenters. The molecule has 59 heavy (non-hydrogen) atoms. The van der Waals surface area contributed by atoms with E-state index in [1.807, 2.05) is 18.2 Å². The molecule has 0 bridgehead atoms. The van der Waals surface area contributed by atoms with Crippen LogP contribution >= 0.6 is 19.5 Å². The van der Waals surface area contributed by atoms with E-state index < -0.39 is 95.9 Å². The molecule has 2 amide bonds. The van der Waals surface area contributed by atoms with Crippen LogP contribution in [0.4, 0.5) is 24.6 Å². The van der Waals surface area contributed by atoms with Gasteiger partial charge in [-0.2, -0.15) is 15.0 Å². The number of nitrogens with one attached hydrogen (secondary N) is 1. The van der Waals surface area contributed by atoms with Gasteiger partial charge in [0.2, 0.25) is 0 Å². The zero-order chi connectivity index (χ0) is 44.1. The molecule has 1 saturated heterocycles. The van der Waals surface area contributed by atoms with E-state index in [0.717, 1.165) is 34.0 Å². The first-order chi connectivity index (χ1) is 27.3. The first-order valence-corrected chi connectivity index (χ1v) is 21.2. The van der Waals surface area contributed by atoms with Gasteiger partial charge in [0.1, 0.15) is 34.0 Å². The summed E-state index contributed by atoms with van der Waals surface area (Å²) < 4.78 is 70.6. The standard InChI is InChI=1S/C39H52FN4O13PS/c1-12-51-32(45)23(2)42-58(50,57-26-19-15-17-24-16-13-14-18-25(24)26)52-22-27-30(53-36(49)56-39(9,10)11)29(40)31(59-27)43-21-20-28(41-33(43)46)44(34(47)54-37(3,4)5)35(48)55-38(6,7)8/h13-21,23,27,29-31H,12,22H2,1-11H3,(H,42,50)/t23-,27+,29-,30+,31+,58?/m0/s1. The summed E-state index contributed by atoms with van der Waals surface area (Å²) in [4.78, 5) is 70.0. The highest BCUT2D eigenvalue weighted by molar-refractivity contribution is 8.00. The van der Waals surface area contributed by atoms with Gasteiger partial charge in [0.25, 0.3) is 0 Å². The lowest BCUT2D eigenvalue weighted by atomic mass is 10.1. The average Bonchev–Trinajstić information content (AvgIpc) is 3.39. The molecule has 6 atom stereocenters. The molecule has 1 aliphatic rings. The summed E-state index contributed by atoms with van der Waals surface area (Å²) in [6.07, 6.45) is -6.30. The number of hydrogen-bond donors (Lipinski definition) is 1. The number of ether oxygens (including phenoxy) is 5. The second-order valence-corrected chi connectivity index (χ2v) is 19.3. The predicted molar refractivity (Wildman–Crippen MR) is 217 cm³/mol. The van der Waals surface area contributed by atoms with E-state index in [-0.39, 0.29) is 12.4 Å². The molecule has 1 fully saturated rings. The number of carbonyl (C=O) groups excluding carboxylic acids is 4. The van der Waals surface area contributed by atoms with E-state index >= 15 is 4.39 Å². The molecule has 3 aromatic rings. The molecule has 2 heterocycles. The summed E-state index contributed by atoms with van der Waals surface area (Å²) in [5.41, 5.74) is -4.23. The summed E-state index contributed by atoms with van der Waals surface area (Å²) in [5, 5.41) is 1.27. The van der Waals surface area contributed by atoms with Crippen molar-refractivity contribution >= 4 is 60.4 Å². The van der Waals surface area contributed by atoms with E-state index in [4.69, 9.17) is 32.7 Å². The summed E-state index contributed by atoms with van der Waals surface area (Å²) in [5.74, 6) is -1.08. The first-order valence-electron chi connectivity index (χ1n) is 18.7. The van der Waals surface area contributed by atoms with Gasteiger partial charge in [0.15, 0.2) is 18.1 Å². The second-order valence-electron chi connectivity index (χ2n) is 16.3. The Hall–Kier alpha value is -4.71. The Bertz CT molecular complexity index is 2080. The number of thioether (sulfide) groups is 1. The lowest BCUT2D eigenvalue weighted by Crippen LogP contribution is -2.45. The third-order valence-electron chi connectivity index (χ3n) is 7.73. The minimum absolute atomic E-state index is 0.0388. The number of imide groups is 1. The van der Waals surface area contributed by atoms with Crippen LogP contribution in [-0.4, -0.2) is 87.4 Å². The number of esters is 1. The number of halogens is 1. The minimum Gasteiger partial charge on any atom is -0.465 e. The molecular formula is C39H52FN4O13PS. The largest absolute Gasteiger partial charge is 0.509 e. The highest BCUT2D eigenvalue weighted by atomic mass is 32.2. The number of alkyl halides is 1. The van der Waals surface area contributed by atoms with Crippen molar-refractivity contribution in [3.05, 3.63) is 65.2 Å². The number of anilines is 1. The fourth-order valence-electron chi connectivity index (χ4n) is 5.40. The first kappa shape index (κ1) is 47.0. The molecule has 0 aliphatic carbocycles. The fraction of sp³-hybridized carbons (Fsp3) is 0.538. The quantitative estimate of drug-likeness (QED) is 0.104. The number of rotatable bonds is 12. The third-order valence-corrected chi connectivity index (χ3v) is 10.9. The number of aromatic nitrogens is 2. The van der Waals surface area contributed by atoms with Crippen molar-refractivity contribution in [3.8, 4) is 5.75 Å². The number of nitrogens with zero attached hydrogens (tertiary/aromatic N) is 3. The topological polar surface area (TPSA) is 200 Å². The molecule has 1 aliphatic heterocycles. The Balaban J connectivity index is 1.70. The Labute approximate surface area is 346 Å². The van der Waals surface area contributed by atoms with E-state index in [2.05, 4.69) is 10.1 Å². The number of carbonyl (C=O) groups is 4. The number of hydrogen-bond acceptors (Lipinski definition) is 15. The van der Waals surface area contributed by atoms with Gasteiger partial charge in [-0.05, 0) is 93.7 Å². The van der Waals surface area contributed by atoms with E-state index in [1.165, 1.54) is 6.92 Å². The Morgan fingerprint density at radius 2 is 1.51 bits per heavy atom. The predicted octanol–water partition coefficient (Wildman–Crippen LogP) is 8.09. The average molecular weight is 867 g/mol. The van der Waals surface area contributed by atoms with Crippen LogP contribution in [0.15, 0.2) is 59.5 Å². The van der Waals surface area contributed by atoms with Crippen LogP contribution < -0.4 is 20.2 Å². The van der Waals surface area contributed by atoms with Gasteiger partial charge in [-0.3, -0.25) is 13.9 Å². The molecule has 17 nitrogen and oxygen atoms in total. The van der Waals surface area contributed by atoms with Crippen LogP contribution in [0, 0.1) is 0 Å². The monoisotopic (exact) mass is 866 g/mol. The van der Waals surface area contributed by atoms with E-state index in [9.17, 15) is 28.5 Å². The van der Waals surface area contributed by atoms with Crippen LogP contribution in [0.1, 0.15) is 81.5 Å². The lowest BCUT2D eigenvalue weighted by Gasteiger charge is -2.28. The van der Waals surface area contributed by atoms with Gasteiger partial charge in [-0.1, -0.05) is 36.4 Å². The Kier molecular flexibility index (Phi) is 14.9. The van der Waals surface area contributed by atoms with Crippen molar-refractivity contribution < 1.29 is 60.9 Å². The molecule has 20 heteroatoms. The molecule has 0 saturated carbocycles. The maximum Gasteiger partial charge on any atom is 0.509 e. The zero-order valence-electron chi connectivity index (χ0n) is 34.9. The van der Waals surface area contributed by atoms with Gasteiger partial charge in [-0.15, -0.1) is 11.8 Å². The molecule has 1 N–H and O–H groups in total. The van der Waals surface area contributed by atoms with Gasteiger partial charge in [-0.25, -0.2) is 28.1 Å². The summed E-state index contributed by atoms with van der Waals surface area (Å²) in [7, 11) is -4.55. The van der Waals surface area contributed by atoms with Crippen molar-refractivity contribution in [1.29, 1.82) is 0 Å². The molecule has 2 aromatic carbocycles. The third kappa shape index (κ3) is 13.1. The lowest BCUT2D eigenvalue weighted by molar-refractivity contribution is -0.144. The van der Waals surface area contributed by atoms with E-state index in [0.29, 0.717) is 10.3 Å². The van der Waals surface area contributed by atoms with Crippen LogP contribution in [-0.2, 0) is 37.6 Å².